The molecule has 4 rings (SSSR count). The lowest BCUT2D eigenvalue weighted by Gasteiger charge is -2.32. The molecule has 0 N–H and O–H groups in total. The van der Waals surface area contributed by atoms with Gasteiger partial charge in [0.1, 0.15) is 5.82 Å². The molecule has 0 spiro atoms. The number of hydrogen-bond donors (Lipinski definition) is 0. The van der Waals surface area contributed by atoms with Crippen LogP contribution in [0.15, 0.2) is 52.9 Å². The Balaban J connectivity index is 1.58. The van der Waals surface area contributed by atoms with Crippen molar-refractivity contribution >= 4 is 11.6 Å². The highest BCUT2D eigenvalue weighted by molar-refractivity contribution is 5.95. The number of nitrogens with zero attached hydrogens (tertiary/aromatic N) is 4. The summed E-state index contributed by atoms with van der Waals surface area (Å²) < 4.78 is 57.7. The molecule has 2 aromatic carbocycles. The van der Waals surface area contributed by atoms with Crippen LogP contribution in [0.1, 0.15) is 24.3 Å². The van der Waals surface area contributed by atoms with Crippen LogP contribution in [0.3, 0.4) is 0 Å². The van der Waals surface area contributed by atoms with Crippen LogP contribution in [0.4, 0.5) is 23.2 Å². The van der Waals surface area contributed by atoms with Crippen molar-refractivity contribution in [2.75, 3.05) is 25.0 Å². The summed E-state index contributed by atoms with van der Waals surface area (Å²) in [4.78, 5) is 17.1. The standard InChI is InChI=1S/C23H22F4N4O2/c1-30-11-9-15(10-12-30)21(32)31(18-5-3-2-4-6-18)14-17-8-7-16(13-19(17)24)20-28-29-22(33-20)23(25,26)27/h2-8,13,15H,9-12,14H2,1H3. The van der Waals surface area contributed by atoms with Crippen LogP contribution in [-0.4, -0.2) is 41.1 Å². The summed E-state index contributed by atoms with van der Waals surface area (Å²) in [5, 5.41) is 6.32. The van der Waals surface area contributed by atoms with Crippen LogP contribution in [-0.2, 0) is 17.5 Å². The first-order valence-electron chi connectivity index (χ1n) is 10.5. The Kier molecular flexibility index (Phi) is 6.46. The second-order valence-corrected chi connectivity index (χ2v) is 8.05. The van der Waals surface area contributed by atoms with Gasteiger partial charge in [0.05, 0.1) is 6.54 Å². The third-order valence-corrected chi connectivity index (χ3v) is 5.70. The highest BCUT2D eigenvalue weighted by Gasteiger charge is 2.38. The van der Waals surface area contributed by atoms with Gasteiger partial charge >= 0.3 is 12.1 Å². The molecular formula is C23H22F4N4O2. The van der Waals surface area contributed by atoms with Gasteiger partial charge in [-0.1, -0.05) is 24.3 Å². The molecule has 1 saturated heterocycles. The highest BCUT2D eigenvalue weighted by Crippen LogP contribution is 2.31. The molecule has 0 radical (unpaired) electrons. The van der Waals surface area contributed by atoms with Crippen molar-refractivity contribution < 1.29 is 26.8 Å². The van der Waals surface area contributed by atoms with E-state index in [1.807, 2.05) is 13.1 Å². The number of aromatic nitrogens is 2. The molecule has 10 heteroatoms. The van der Waals surface area contributed by atoms with Gasteiger partial charge in [-0.2, -0.15) is 13.2 Å². The number of hydrogen-bond acceptors (Lipinski definition) is 5. The molecule has 1 fully saturated rings. The van der Waals surface area contributed by atoms with E-state index in [2.05, 4.69) is 19.5 Å². The predicted molar refractivity (Wildman–Crippen MR) is 113 cm³/mol. The fourth-order valence-electron chi connectivity index (χ4n) is 3.81. The topological polar surface area (TPSA) is 62.5 Å². The monoisotopic (exact) mass is 462 g/mol. The quantitative estimate of drug-likeness (QED) is 0.512. The molecule has 1 aliphatic heterocycles. The molecule has 0 bridgehead atoms. The summed E-state index contributed by atoms with van der Waals surface area (Å²) in [6, 6.07) is 12.9. The summed E-state index contributed by atoms with van der Waals surface area (Å²) in [6.45, 7) is 1.61. The summed E-state index contributed by atoms with van der Waals surface area (Å²) in [7, 11) is 2.01. The lowest BCUT2D eigenvalue weighted by molar-refractivity contribution is -0.157. The minimum atomic E-state index is -4.78. The Bertz CT molecular complexity index is 1110. The largest absolute Gasteiger partial charge is 0.470 e. The van der Waals surface area contributed by atoms with Crippen LogP contribution in [0, 0.1) is 11.7 Å². The van der Waals surface area contributed by atoms with Crippen molar-refractivity contribution in [3.8, 4) is 11.5 Å². The number of amides is 1. The summed E-state index contributed by atoms with van der Waals surface area (Å²) in [5.74, 6) is -2.86. The molecule has 0 aliphatic carbocycles. The Morgan fingerprint density at radius 2 is 1.82 bits per heavy atom. The van der Waals surface area contributed by atoms with Gasteiger partial charge in [-0.25, -0.2) is 4.39 Å². The molecule has 0 unspecified atom stereocenters. The van der Waals surface area contributed by atoms with E-state index in [0.29, 0.717) is 5.69 Å². The molecule has 33 heavy (non-hydrogen) atoms. The first kappa shape index (κ1) is 22.9. The van der Waals surface area contributed by atoms with E-state index < -0.39 is 23.8 Å². The van der Waals surface area contributed by atoms with Gasteiger partial charge in [-0.05, 0) is 57.2 Å². The number of benzene rings is 2. The van der Waals surface area contributed by atoms with Gasteiger partial charge in [-0.3, -0.25) is 4.79 Å². The van der Waals surface area contributed by atoms with Crippen LogP contribution >= 0.6 is 0 Å². The maximum Gasteiger partial charge on any atom is 0.470 e. The maximum absolute atomic E-state index is 15.0. The van der Waals surface area contributed by atoms with Crippen molar-refractivity contribution in [3.05, 3.63) is 65.8 Å². The van der Waals surface area contributed by atoms with E-state index >= 15 is 0 Å². The van der Waals surface area contributed by atoms with Crippen molar-refractivity contribution in [2.45, 2.75) is 25.6 Å². The average molecular weight is 462 g/mol. The van der Waals surface area contributed by atoms with Crippen molar-refractivity contribution in [2.24, 2.45) is 5.92 Å². The lowest BCUT2D eigenvalue weighted by atomic mass is 9.95. The van der Waals surface area contributed by atoms with Gasteiger partial charge in [-0.15, -0.1) is 10.2 Å². The Labute approximate surface area is 187 Å². The lowest BCUT2D eigenvalue weighted by Crippen LogP contribution is -2.41. The summed E-state index contributed by atoms with van der Waals surface area (Å²) >= 11 is 0. The van der Waals surface area contributed by atoms with E-state index in [-0.39, 0.29) is 29.5 Å². The Morgan fingerprint density at radius 3 is 2.42 bits per heavy atom. The number of carbonyl (C=O) groups excluding carboxylic acids is 1. The van der Waals surface area contributed by atoms with Crippen LogP contribution < -0.4 is 4.90 Å². The number of para-hydroxylation sites is 1. The summed E-state index contributed by atoms with van der Waals surface area (Å²) in [6.07, 6.45) is -3.34. The number of piperidine rings is 1. The number of carbonyl (C=O) groups is 1. The molecule has 6 nitrogen and oxygen atoms in total. The second-order valence-electron chi connectivity index (χ2n) is 8.05. The zero-order valence-electron chi connectivity index (χ0n) is 17.8. The minimum absolute atomic E-state index is 0.0149. The predicted octanol–water partition coefficient (Wildman–Crippen LogP) is 4.77. The molecular weight excluding hydrogens is 440 g/mol. The minimum Gasteiger partial charge on any atom is -0.413 e. The highest BCUT2D eigenvalue weighted by atomic mass is 19.4. The third-order valence-electron chi connectivity index (χ3n) is 5.70. The van der Waals surface area contributed by atoms with Crippen LogP contribution in [0.2, 0.25) is 0 Å². The van der Waals surface area contributed by atoms with Crippen LogP contribution in [0.5, 0.6) is 0 Å². The Morgan fingerprint density at radius 1 is 1.12 bits per heavy atom. The molecule has 1 aliphatic rings. The fraction of sp³-hybridized carbons (Fsp3) is 0.348. The van der Waals surface area contributed by atoms with E-state index in [1.54, 1.807) is 29.2 Å². The van der Waals surface area contributed by atoms with E-state index in [9.17, 15) is 22.4 Å². The van der Waals surface area contributed by atoms with Crippen molar-refractivity contribution in [1.29, 1.82) is 0 Å². The van der Waals surface area contributed by atoms with E-state index in [4.69, 9.17) is 0 Å². The van der Waals surface area contributed by atoms with Crippen molar-refractivity contribution in [3.63, 3.8) is 0 Å². The second kappa shape index (κ2) is 9.30. The van der Waals surface area contributed by atoms with Crippen molar-refractivity contribution in [1.82, 2.24) is 15.1 Å². The van der Waals surface area contributed by atoms with E-state index in [0.717, 1.165) is 32.0 Å². The molecule has 1 amide bonds. The number of rotatable bonds is 5. The number of alkyl halides is 3. The zero-order valence-corrected chi connectivity index (χ0v) is 17.8. The Hall–Kier alpha value is -3.27. The van der Waals surface area contributed by atoms with Gasteiger partial charge in [0.2, 0.25) is 11.8 Å². The first-order chi connectivity index (χ1) is 15.7. The average Bonchev–Trinajstić information content (AvgIpc) is 3.30. The van der Waals surface area contributed by atoms with E-state index in [1.165, 1.54) is 12.1 Å². The number of likely N-dealkylation sites (tertiary alicyclic amines) is 1. The molecule has 0 atom stereocenters. The normalized spacial score (nSPS) is 15.5. The van der Waals surface area contributed by atoms with Gasteiger partial charge in [0, 0.05) is 22.7 Å². The summed E-state index contributed by atoms with van der Waals surface area (Å²) in [5.41, 5.74) is 0.892. The molecule has 3 aromatic rings. The third kappa shape index (κ3) is 5.22. The number of halogens is 4. The van der Waals surface area contributed by atoms with Gasteiger partial charge in [0.25, 0.3) is 0 Å². The number of anilines is 1. The smallest absolute Gasteiger partial charge is 0.413 e. The molecule has 1 aromatic heterocycles. The molecule has 2 heterocycles. The fourth-order valence-corrected chi connectivity index (χ4v) is 3.81. The molecule has 0 saturated carbocycles. The zero-order chi connectivity index (χ0) is 23.6. The maximum atomic E-state index is 15.0. The SMILES string of the molecule is CN1CCC(C(=O)N(Cc2ccc(-c3nnc(C(F)(F)F)o3)cc2F)c2ccccc2)CC1. The van der Waals surface area contributed by atoms with Gasteiger partial charge < -0.3 is 14.2 Å². The first-order valence-corrected chi connectivity index (χ1v) is 10.5. The van der Waals surface area contributed by atoms with Gasteiger partial charge in [0.15, 0.2) is 0 Å². The molecule has 174 valence electrons. The van der Waals surface area contributed by atoms with Crippen LogP contribution in [0.25, 0.3) is 11.5 Å².